The summed E-state index contributed by atoms with van der Waals surface area (Å²) in [7, 11) is 0. The van der Waals surface area contributed by atoms with E-state index in [0.29, 0.717) is 12.0 Å². The van der Waals surface area contributed by atoms with Crippen molar-refractivity contribution < 1.29 is 4.52 Å². The molecule has 2 atom stereocenters. The molecule has 0 unspecified atom stereocenters. The second-order valence-electron chi connectivity index (χ2n) is 7.91. The van der Waals surface area contributed by atoms with Crippen LogP contribution in [0.5, 0.6) is 0 Å². The van der Waals surface area contributed by atoms with Crippen LogP contribution in [0.4, 0.5) is 0 Å². The Morgan fingerprint density at radius 1 is 1.08 bits per heavy atom. The molecule has 25 heavy (non-hydrogen) atoms. The van der Waals surface area contributed by atoms with Crippen molar-refractivity contribution in [2.24, 2.45) is 5.92 Å². The van der Waals surface area contributed by atoms with E-state index >= 15 is 0 Å². The minimum Gasteiger partial charge on any atom is -0.338 e. The van der Waals surface area contributed by atoms with E-state index in [-0.39, 0.29) is 0 Å². The van der Waals surface area contributed by atoms with Crippen molar-refractivity contribution in [1.29, 1.82) is 0 Å². The van der Waals surface area contributed by atoms with E-state index in [9.17, 15) is 0 Å². The SMILES string of the molecule is CC(C)c1noc(CN2C[C@H]3CC[C@@H]2CN(Cc2ccccc2)C3)n1. The molecule has 2 aromatic rings. The molecular formula is C20H28N4O. The first kappa shape index (κ1) is 16.7. The molecule has 5 nitrogen and oxygen atoms in total. The topological polar surface area (TPSA) is 45.4 Å². The zero-order valence-electron chi connectivity index (χ0n) is 15.3. The summed E-state index contributed by atoms with van der Waals surface area (Å²) in [6, 6.07) is 11.4. The van der Waals surface area contributed by atoms with Gasteiger partial charge in [-0.2, -0.15) is 4.98 Å². The highest BCUT2D eigenvalue weighted by atomic mass is 16.5. The lowest BCUT2D eigenvalue weighted by Crippen LogP contribution is -2.43. The maximum absolute atomic E-state index is 5.48. The van der Waals surface area contributed by atoms with Crippen LogP contribution in [-0.2, 0) is 13.1 Å². The smallest absolute Gasteiger partial charge is 0.240 e. The fourth-order valence-electron chi connectivity index (χ4n) is 4.18. The predicted molar refractivity (Wildman–Crippen MR) is 97.0 cm³/mol. The van der Waals surface area contributed by atoms with Gasteiger partial charge in [-0.25, -0.2) is 0 Å². The molecule has 2 bridgehead atoms. The van der Waals surface area contributed by atoms with Crippen molar-refractivity contribution in [3.05, 3.63) is 47.6 Å². The Morgan fingerprint density at radius 3 is 2.68 bits per heavy atom. The number of hydrogen-bond acceptors (Lipinski definition) is 5. The number of aromatic nitrogens is 2. The Hall–Kier alpha value is -1.72. The summed E-state index contributed by atoms with van der Waals surface area (Å²) in [6.07, 6.45) is 2.62. The van der Waals surface area contributed by atoms with Gasteiger partial charge in [-0.3, -0.25) is 9.80 Å². The summed E-state index contributed by atoms with van der Waals surface area (Å²) in [4.78, 5) is 9.77. The van der Waals surface area contributed by atoms with Crippen molar-refractivity contribution in [3.8, 4) is 0 Å². The maximum atomic E-state index is 5.48. The first-order chi connectivity index (χ1) is 12.2. The summed E-state index contributed by atoms with van der Waals surface area (Å²) in [6.45, 7) is 9.53. The van der Waals surface area contributed by atoms with Gasteiger partial charge in [-0.1, -0.05) is 49.3 Å². The van der Waals surface area contributed by atoms with E-state index in [1.54, 1.807) is 0 Å². The Morgan fingerprint density at radius 2 is 1.92 bits per heavy atom. The molecule has 134 valence electrons. The van der Waals surface area contributed by atoms with E-state index in [1.807, 2.05) is 0 Å². The Bertz CT molecular complexity index is 684. The van der Waals surface area contributed by atoms with E-state index in [4.69, 9.17) is 4.52 Å². The zero-order chi connectivity index (χ0) is 17.2. The van der Waals surface area contributed by atoms with Crippen molar-refractivity contribution in [2.75, 3.05) is 19.6 Å². The molecule has 1 aromatic heterocycles. The van der Waals surface area contributed by atoms with Gasteiger partial charge in [0, 0.05) is 38.1 Å². The average molecular weight is 340 g/mol. The van der Waals surface area contributed by atoms with Crippen LogP contribution in [0.3, 0.4) is 0 Å². The highest BCUT2D eigenvalue weighted by molar-refractivity contribution is 5.14. The molecule has 0 saturated carbocycles. The number of rotatable bonds is 5. The third-order valence-corrected chi connectivity index (χ3v) is 5.49. The van der Waals surface area contributed by atoms with Crippen LogP contribution in [0.1, 0.15) is 49.9 Å². The molecule has 3 aliphatic heterocycles. The molecule has 0 spiro atoms. The molecule has 0 aliphatic carbocycles. The van der Waals surface area contributed by atoms with Crippen LogP contribution >= 0.6 is 0 Å². The average Bonchev–Trinajstić information content (AvgIpc) is 2.91. The second kappa shape index (κ2) is 7.26. The lowest BCUT2D eigenvalue weighted by Gasteiger charge is -2.35. The molecular weight excluding hydrogens is 312 g/mol. The lowest BCUT2D eigenvalue weighted by atomic mass is 9.95. The molecule has 3 aliphatic rings. The highest BCUT2D eigenvalue weighted by Gasteiger charge is 2.35. The second-order valence-corrected chi connectivity index (χ2v) is 7.91. The summed E-state index contributed by atoms with van der Waals surface area (Å²) in [5.74, 6) is 2.65. The summed E-state index contributed by atoms with van der Waals surface area (Å²) in [5, 5.41) is 4.11. The van der Waals surface area contributed by atoms with Gasteiger partial charge in [-0.15, -0.1) is 0 Å². The number of piperidine rings is 1. The van der Waals surface area contributed by atoms with Gasteiger partial charge >= 0.3 is 0 Å². The lowest BCUT2D eigenvalue weighted by molar-refractivity contribution is 0.109. The molecule has 1 aromatic carbocycles. The third kappa shape index (κ3) is 3.93. The monoisotopic (exact) mass is 340 g/mol. The molecule has 0 N–H and O–H groups in total. The van der Waals surface area contributed by atoms with Crippen LogP contribution in [0.2, 0.25) is 0 Å². The summed E-state index contributed by atoms with van der Waals surface area (Å²) >= 11 is 0. The van der Waals surface area contributed by atoms with E-state index in [2.05, 4.69) is 64.1 Å². The van der Waals surface area contributed by atoms with Gasteiger partial charge in [0.15, 0.2) is 5.82 Å². The first-order valence-electron chi connectivity index (χ1n) is 9.50. The molecule has 0 radical (unpaired) electrons. The fraction of sp³-hybridized carbons (Fsp3) is 0.600. The van der Waals surface area contributed by atoms with Gasteiger partial charge < -0.3 is 4.52 Å². The Balaban J connectivity index is 1.42. The van der Waals surface area contributed by atoms with Crippen LogP contribution in [0.25, 0.3) is 0 Å². The minimum absolute atomic E-state index is 0.319. The zero-order valence-corrected chi connectivity index (χ0v) is 15.3. The van der Waals surface area contributed by atoms with Crippen LogP contribution < -0.4 is 0 Å². The Labute approximate surface area is 150 Å². The van der Waals surface area contributed by atoms with Crippen molar-refractivity contribution in [1.82, 2.24) is 19.9 Å². The van der Waals surface area contributed by atoms with Gasteiger partial charge in [0.05, 0.1) is 6.54 Å². The quantitative estimate of drug-likeness (QED) is 0.836. The van der Waals surface area contributed by atoms with Gasteiger partial charge in [-0.05, 0) is 24.3 Å². The minimum atomic E-state index is 0.319. The largest absolute Gasteiger partial charge is 0.338 e. The molecule has 5 heteroatoms. The van der Waals surface area contributed by atoms with E-state index in [1.165, 1.54) is 24.9 Å². The normalized spacial score (nSPS) is 24.8. The van der Waals surface area contributed by atoms with Gasteiger partial charge in [0.2, 0.25) is 5.89 Å². The number of benzene rings is 1. The number of fused-ring (bicyclic) bond motifs is 4. The molecule has 3 saturated heterocycles. The fourth-order valence-corrected chi connectivity index (χ4v) is 4.18. The van der Waals surface area contributed by atoms with Crippen molar-refractivity contribution in [3.63, 3.8) is 0 Å². The van der Waals surface area contributed by atoms with Gasteiger partial charge in [0.25, 0.3) is 0 Å². The Kier molecular flexibility index (Phi) is 4.86. The van der Waals surface area contributed by atoms with E-state index < -0.39 is 0 Å². The molecule has 3 fully saturated rings. The number of nitrogens with zero attached hydrogens (tertiary/aromatic N) is 4. The molecule has 4 heterocycles. The van der Waals surface area contributed by atoms with Crippen LogP contribution in [0, 0.1) is 5.92 Å². The van der Waals surface area contributed by atoms with Crippen molar-refractivity contribution >= 4 is 0 Å². The molecule has 0 amide bonds. The van der Waals surface area contributed by atoms with Crippen LogP contribution in [0.15, 0.2) is 34.9 Å². The number of hydrogen-bond donors (Lipinski definition) is 0. The maximum Gasteiger partial charge on any atom is 0.240 e. The molecule has 5 rings (SSSR count). The van der Waals surface area contributed by atoms with Gasteiger partial charge in [0.1, 0.15) is 0 Å². The summed E-state index contributed by atoms with van der Waals surface area (Å²) < 4.78 is 5.48. The summed E-state index contributed by atoms with van der Waals surface area (Å²) in [5.41, 5.74) is 1.41. The van der Waals surface area contributed by atoms with Crippen molar-refractivity contribution in [2.45, 2.75) is 51.7 Å². The third-order valence-electron chi connectivity index (χ3n) is 5.49. The highest BCUT2D eigenvalue weighted by Crippen LogP contribution is 2.30. The predicted octanol–water partition coefficient (Wildman–Crippen LogP) is 3.29. The standard InChI is InChI=1S/C20H28N4O/c1-15(2)20-21-19(25-22-20)14-24-12-17-8-9-18(24)13-23(11-17)10-16-6-4-3-5-7-16/h3-7,15,17-18H,8-14H2,1-2H3/t17-,18+/m0/s1. The first-order valence-corrected chi connectivity index (χ1v) is 9.50. The van der Waals surface area contributed by atoms with E-state index in [0.717, 1.165) is 43.8 Å². The van der Waals surface area contributed by atoms with Crippen LogP contribution in [-0.4, -0.2) is 45.6 Å².